The van der Waals surface area contributed by atoms with Crippen LogP contribution in [-0.4, -0.2) is 51.4 Å². The quantitative estimate of drug-likeness (QED) is 0.462. The average molecular weight is 425 g/mol. The molecule has 0 spiro atoms. The summed E-state index contributed by atoms with van der Waals surface area (Å²) in [6.45, 7) is 25.7. The van der Waals surface area contributed by atoms with Gasteiger partial charge in [-0.3, -0.25) is 0 Å². The van der Waals surface area contributed by atoms with Crippen LogP contribution in [0.2, 0.25) is 0 Å². The van der Waals surface area contributed by atoms with E-state index in [-0.39, 0.29) is 0 Å². The minimum absolute atomic E-state index is 0.753. The Bertz CT molecular complexity index is 342. The van der Waals surface area contributed by atoms with E-state index in [0.717, 1.165) is 47.6 Å². The van der Waals surface area contributed by atoms with Gasteiger partial charge in [-0.05, 0) is 114 Å². The molecule has 8 atom stereocenters. The Balaban J connectivity index is 0.000000200. The molecule has 0 saturated carbocycles. The first-order chi connectivity index (χ1) is 14.2. The monoisotopic (exact) mass is 424 g/mol. The summed E-state index contributed by atoms with van der Waals surface area (Å²) in [6, 6.07) is 1.52. The van der Waals surface area contributed by atoms with Crippen molar-refractivity contribution in [1.29, 1.82) is 0 Å². The van der Waals surface area contributed by atoms with Crippen molar-refractivity contribution >= 4 is 0 Å². The summed E-state index contributed by atoms with van der Waals surface area (Å²) in [5, 5.41) is 13.5. The van der Waals surface area contributed by atoms with E-state index < -0.39 is 0 Å². The summed E-state index contributed by atoms with van der Waals surface area (Å²) in [7, 11) is 0. The topological polar surface area (TPSA) is 48.1 Å². The molecule has 0 aromatic rings. The van der Waals surface area contributed by atoms with Crippen molar-refractivity contribution in [2.75, 3.05) is 39.3 Å². The van der Waals surface area contributed by atoms with Crippen molar-refractivity contribution < 1.29 is 0 Å². The van der Waals surface area contributed by atoms with Gasteiger partial charge in [0.15, 0.2) is 0 Å². The molecule has 180 valence electrons. The lowest BCUT2D eigenvalue weighted by Gasteiger charge is -2.26. The third-order valence-electron chi connectivity index (χ3n) is 8.19. The minimum atomic E-state index is 0.753. The Morgan fingerprint density at radius 1 is 0.433 bits per heavy atom. The highest BCUT2D eigenvalue weighted by atomic mass is 14.9. The third kappa shape index (κ3) is 11.5. The molecular formula is C26H56N4. The van der Waals surface area contributed by atoms with Crippen LogP contribution in [0.1, 0.15) is 81.1 Å². The van der Waals surface area contributed by atoms with Crippen LogP contribution in [-0.2, 0) is 0 Å². The Morgan fingerprint density at radius 2 is 0.900 bits per heavy atom. The molecule has 8 unspecified atom stereocenters. The van der Waals surface area contributed by atoms with Crippen molar-refractivity contribution in [3.05, 3.63) is 0 Å². The molecule has 4 fully saturated rings. The van der Waals surface area contributed by atoms with Crippen molar-refractivity contribution in [2.24, 2.45) is 35.5 Å². The second-order valence-electron chi connectivity index (χ2n) is 10.9. The van der Waals surface area contributed by atoms with Gasteiger partial charge in [0.25, 0.3) is 0 Å². The zero-order valence-electron chi connectivity index (χ0n) is 21.7. The van der Waals surface area contributed by atoms with Crippen molar-refractivity contribution in [3.63, 3.8) is 0 Å². The fraction of sp³-hybridized carbons (Fsp3) is 1.00. The van der Waals surface area contributed by atoms with E-state index in [0.29, 0.717) is 0 Å². The van der Waals surface area contributed by atoms with Crippen LogP contribution in [0.5, 0.6) is 0 Å². The lowest BCUT2D eigenvalue weighted by Crippen LogP contribution is -2.37. The molecule has 4 aliphatic heterocycles. The van der Waals surface area contributed by atoms with E-state index in [1.54, 1.807) is 0 Å². The van der Waals surface area contributed by atoms with E-state index >= 15 is 0 Å². The van der Waals surface area contributed by atoms with E-state index in [4.69, 9.17) is 0 Å². The van der Waals surface area contributed by atoms with Gasteiger partial charge in [0.1, 0.15) is 0 Å². The number of hydrogen-bond acceptors (Lipinski definition) is 4. The molecular weight excluding hydrogens is 368 g/mol. The van der Waals surface area contributed by atoms with Gasteiger partial charge in [-0.15, -0.1) is 0 Å². The maximum absolute atomic E-state index is 3.43. The predicted octanol–water partition coefficient (Wildman–Crippen LogP) is 4.51. The molecule has 4 heterocycles. The van der Waals surface area contributed by atoms with Crippen LogP contribution in [0.15, 0.2) is 0 Å². The van der Waals surface area contributed by atoms with Gasteiger partial charge in [-0.2, -0.15) is 0 Å². The van der Waals surface area contributed by atoms with Gasteiger partial charge >= 0.3 is 0 Å². The molecule has 4 saturated heterocycles. The zero-order chi connectivity index (χ0) is 22.5. The second kappa shape index (κ2) is 15.6. The lowest BCUT2D eigenvalue weighted by molar-refractivity contribution is 0.295. The van der Waals surface area contributed by atoms with E-state index in [1.807, 2.05) is 0 Å². The van der Waals surface area contributed by atoms with E-state index in [1.165, 1.54) is 65.0 Å². The summed E-state index contributed by atoms with van der Waals surface area (Å²) in [5.41, 5.74) is 0. The third-order valence-corrected chi connectivity index (χ3v) is 8.19. The van der Waals surface area contributed by atoms with E-state index in [2.05, 4.69) is 76.7 Å². The number of nitrogens with one attached hydrogen (secondary N) is 4. The van der Waals surface area contributed by atoms with Crippen molar-refractivity contribution in [2.45, 2.75) is 93.2 Å². The average Bonchev–Trinajstić information content (AvgIpc) is 3.29. The number of rotatable bonds is 0. The second-order valence-corrected chi connectivity index (χ2v) is 10.9. The van der Waals surface area contributed by atoms with Gasteiger partial charge in [-0.1, -0.05) is 41.5 Å². The molecule has 0 aromatic heterocycles. The first-order valence-electron chi connectivity index (χ1n) is 13.1. The molecule has 0 bridgehead atoms. The molecule has 0 radical (unpaired) electrons. The van der Waals surface area contributed by atoms with Crippen molar-refractivity contribution in [3.8, 4) is 0 Å². The molecule has 4 N–H and O–H groups in total. The Labute approximate surface area is 189 Å². The molecule has 4 heteroatoms. The molecule has 0 amide bonds. The Kier molecular flexibility index (Phi) is 14.5. The normalized spacial score (nSPS) is 40.8. The fourth-order valence-corrected chi connectivity index (χ4v) is 4.28. The van der Waals surface area contributed by atoms with Gasteiger partial charge in [0, 0.05) is 12.1 Å². The molecule has 4 aliphatic rings. The molecule has 0 aromatic carbocycles. The molecule has 4 rings (SSSR count). The Hall–Kier alpha value is -0.160. The largest absolute Gasteiger partial charge is 0.316 e. The highest BCUT2D eigenvalue weighted by molar-refractivity contribution is 4.76. The SMILES string of the molecule is CC1CCCNC1C.CC1CCNC1C.CC1CCNCC1C.CC1CNCC1C. The highest BCUT2D eigenvalue weighted by Gasteiger charge is 2.18. The van der Waals surface area contributed by atoms with Gasteiger partial charge in [0.2, 0.25) is 0 Å². The van der Waals surface area contributed by atoms with Crippen LogP contribution < -0.4 is 21.3 Å². The minimum Gasteiger partial charge on any atom is -0.316 e. The molecule has 0 aliphatic carbocycles. The van der Waals surface area contributed by atoms with Crippen LogP contribution in [0.25, 0.3) is 0 Å². The maximum atomic E-state index is 3.43. The first kappa shape index (κ1) is 27.9. The van der Waals surface area contributed by atoms with Gasteiger partial charge < -0.3 is 21.3 Å². The van der Waals surface area contributed by atoms with E-state index in [9.17, 15) is 0 Å². The number of hydrogen-bond donors (Lipinski definition) is 4. The number of piperidine rings is 2. The first-order valence-corrected chi connectivity index (χ1v) is 13.1. The summed E-state index contributed by atoms with van der Waals surface area (Å²) in [6.07, 6.45) is 5.50. The Morgan fingerprint density at radius 3 is 1.17 bits per heavy atom. The summed E-state index contributed by atoms with van der Waals surface area (Å²) in [5.74, 6) is 5.43. The standard InChI is InChI=1S/2C7H15N.2C6H13N/c1-6-3-4-8-5-7(6)2;1-6-4-3-5-8-7(6)2;1-5-3-7-4-6(5)2;1-5-3-4-7-6(5)2/h2*6-8H,3-5H2,1-2H3;2*5-7H,3-4H2,1-2H3. The lowest BCUT2D eigenvalue weighted by atomic mass is 9.90. The molecule has 4 nitrogen and oxygen atoms in total. The van der Waals surface area contributed by atoms with Crippen LogP contribution >= 0.6 is 0 Å². The van der Waals surface area contributed by atoms with Crippen molar-refractivity contribution in [1.82, 2.24) is 21.3 Å². The van der Waals surface area contributed by atoms with Gasteiger partial charge in [-0.25, -0.2) is 0 Å². The smallest absolute Gasteiger partial charge is 0.00648 e. The van der Waals surface area contributed by atoms with Crippen LogP contribution in [0.3, 0.4) is 0 Å². The van der Waals surface area contributed by atoms with Crippen LogP contribution in [0, 0.1) is 35.5 Å². The highest BCUT2D eigenvalue weighted by Crippen LogP contribution is 2.16. The van der Waals surface area contributed by atoms with Crippen LogP contribution in [0.4, 0.5) is 0 Å². The predicted molar refractivity (Wildman–Crippen MR) is 134 cm³/mol. The summed E-state index contributed by atoms with van der Waals surface area (Å²) >= 11 is 0. The maximum Gasteiger partial charge on any atom is 0.00648 e. The summed E-state index contributed by atoms with van der Waals surface area (Å²) in [4.78, 5) is 0. The zero-order valence-corrected chi connectivity index (χ0v) is 21.7. The van der Waals surface area contributed by atoms with Gasteiger partial charge in [0.05, 0.1) is 0 Å². The summed E-state index contributed by atoms with van der Waals surface area (Å²) < 4.78 is 0. The molecule has 30 heavy (non-hydrogen) atoms. The fourth-order valence-electron chi connectivity index (χ4n) is 4.28.